The van der Waals surface area contributed by atoms with Gasteiger partial charge in [-0.05, 0) is 19.1 Å². The van der Waals surface area contributed by atoms with Crippen LogP contribution in [0.1, 0.15) is 26.6 Å². The zero-order valence-electron chi connectivity index (χ0n) is 14.5. The summed E-state index contributed by atoms with van der Waals surface area (Å²) >= 11 is 1.29. The topological polar surface area (TPSA) is 97.2 Å². The lowest BCUT2D eigenvalue weighted by atomic mass is 10.1. The number of carbonyl (C=O) groups is 2. The second-order valence-electron chi connectivity index (χ2n) is 5.84. The molecule has 0 atom stereocenters. The molecular weight excluding hydrogens is 366 g/mol. The van der Waals surface area contributed by atoms with Gasteiger partial charge in [0.25, 0.3) is 5.91 Å². The fraction of sp³-hybridized carbons (Fsp3) is 0.105. The normalized spacial score (nSPS) is 10.9. The van der Waals surface area contributed by atoms with Crippen LogP contribution in [0.5, 0.6) is 0 Å². The van der Waals surface area contributed by atoms with Crippen LogP contribution in [0.25, 0.3) is 22.2 Å². The molecule has 0 spiro atoms. The Morgan fingerprint density at radius 3 is 2.89 bits per heavy atom. The van der Waals surface area contributed by atoms with Crippen molar-refractivity contribution in [2.24, 2.45) is 0 Å². The van der Waals surface area contributed by atoms with Crippen molar-refractivity contribution in [3.63, 3.8) is 0 Å². The van der Waals surface area contributed by atoms with Crippen molar-refractivity contribution in [2.45, 2.75) is 6.92 Å². The van der Waals surface area contributed by atoms with Crippen LogP contribution < -0.4 is 5.32 Å². The van der Waals surface area contributed by atoms with E-state index in [0.717, 1.165) is 16.5 Å². The number of ether oxygens (including phenoxy) is 1. The van der Waals surface area contributed by atoms with Crippen LogP contribution in [0.2, 0.25) is 0 Å². The molecule has 3 aromatic heterocycles. The molecule has 4 aromatic rings. The first-order valence-corrected chi connectivity index (χ1v) is 8.97. The highest BCUT2D eigenvalue weighted by molar-refractivity contribution is 7.14. The third-order valence-electron chi connectivity index (χ3n) is 4.16. The average molecular weight is 381 g/mol. The molecule has 0 fully saturated rings. The van der Waals surface area contributed by atoms with Crippen molar-refractivity contribution in [3.8, 4) is 11.3 Å². The molecule has 7 nitrogen and oxygen atoms in total. The van der Waals surface area contributed by atoms with Crippen molar-refractivity contribution >= 4 is 39.3 Å². The number of para-hydroxylation sites is 1. The third-order valence-corrected chi connectivity index (χ3v) is 4.92. The monoisotopic (exact) mass is 381 g/mol. The number of nitrogens with one attached hydrogen (secondary N) is 2. The molecule has 3 heterocycles. The molecule has 0 aliphatic carbocycles. The van der Waals surface area contributed by atoms with E-state index in [9.17, 15) is 9.59 Å². The summed E-state index contributed by atoms with van der Waals surface area (Å²) in [5.74, 6) is -0.540. The number of benzene rings is 1. The van der Waals surface area contributed by atoms with Gasteiger partial charge < -0.3 is 14.1 Å². The third kappa shape index (κ3) is 3.11. The number of carbonyl (C=O) groups excluding carboxylic acids is 2. The Morgan fingerprint density at radius 1 is 1.30 bits per heavy atom. The van der Waals surface area contributed by atoms with E-state index in [1.54, 1.807) is 17.6 Å². The number of esters is 1. The minimum atomic E-state index is -0.453. The van der Waals surface area contributed by atoms with Crippen LogP contribution in [-0.2, 0) is 4.74 Å². The molecule has 1 aromatic carbocycles. The smallest absolute Gasteiger partial charge is 0.354 e. The first kappa shape index (κ1) is 17.0. The number of aromatic nitrogens is 2. The Kier molecular flexibility index (Phi) is 4.25. The van der Waals surface area contributed by atoms with E-state index in [4.69, 9.17) is 4.42 Å². The van der Waals surface area contributed by atoms with E-state index in [0.29, 0.717) is 22.1 Å². The summed E-state index contributed by atoms with van der Waals surface area (Å²) in [6, 6.07) is 9.15. The number of thiazole rings is 1. The van der Waals surface area contributed by atoms with Crippen LogP contribution in [0.4, 0.5) is 5.13 Å². The zero-order valence-corrected chi connectivity index (χ0v) is 15.3. The number of hydrogen-bond acceptors (Lipinski definition) is 6. The number of anilines is 1. The van der Waals surface area contributed by atoms with Crippen molar-refractivity contribution in [2.75, 3.05) is 12.4 Å². The first-order valence-electron chi connectivity index (χ1n) is 8.09. The fourth-order valence-electron chi connectivity index (χ4n) is 2.78. The van der Waals surface area contributed by atoms with E-state index in [2.05, 4.69) is 20.0 Å². The molecule has 0 saturated carbocycles. The molecule has 8 heteroatoms. The Hall–Kier alpha value is -3.39. The Bertz CT molecular complexity index is 1150. The number of fused-ring (bicyclic) bond motifs is 1. The zero-order chi connectivity index (χ0) is 19.0. The summed E-state index contributed by atoms with van der Waals surface area (Å²) in [6.45, 7) is 1.85. The highest BCUT2D eigenvalue weighted by Crippen LogP contribution is 2.28. The minimum Gasteiger partial charge on any atom is -0.464 e. The van der Waals surface area contributed by atoms with Crippen LogP contribution in [0, 0.1) is 6.92 Å². The molecule has 0 bridgehead atoms. The second-order valence-corrected chi connectivity index (χ2v) is 6.70. The number of amides is 1. The van der Waals surface area contributed by atoms with Crippen LogP contribution in [0.3, 0.4) is 0 Å². The minimum absolute atomic E-state index is 0.266. The van der Waals surface area contributed by atoms with Gasteiger partial charge in [0.15, 0.2) is 10.9 Å². The van der Waals surface area contributed by atoms with E-state index in [-0.39, 0.29) is 11.7 Å². The van der Waals surface area contributed by atoms with Gasteiger partial charge in [-0.1, -0.05) is 18.2 Å². The molecular formula is C19H15N3O4S. The molecule has 0 aliphatic rings. The predicted octanol–water partition coefficient (Wildman–Crippen LogP) is 4.23. The lowest BCUT2D eigenvalue weighted by molar-refractivity contribution is 0.0594. The van der Waals surface area contributed by atoms with Gasteiger partial charge in [-0.2, -0.15) is 0 Å². The Morgan fingerprint density at radius 2 is 2.11 bits per heavy atom. The Balaban J connectivity index is 1.55. The lowest BCUT2D eigenvalue weighted by Gasteiger charge is -1.99. The molecule has 0 aliphatic heterocycles. The SMILES string of the molecule is COC(=O)c1cc(-c2csc(NC(=O)c3oc4ccccc4c3C)n2)c[nH]1. The summed E-state index contributed by atoms with van der Waals surface area (Å²) in [7, 11) is 1.32. The van der Waals surface area contributed by atoms with E-state index in [1.807, 2.05) is 31.2 Å². The molecule has 1 amide bonds. The van der Waals surface area contributed by atoms with Crippen LogP contribution >= 0.6 is 11.3 Å². The van der Waals surface area contributed by atoms with Crippen molar-refractivity contribution in [1.82, 2.24) is 9.97 Å². The van der Waals surface area contributed by atoms with Crippen LogP contribution in [0.15, 0.2) is 46.3 Å². The fourth-order valence-corrected chi connectivity index (χ4v) is 3.49. The summed E-state index contributed by atoms with van der Waals surface area (Å²) in [6.07, 6.45) is 1.66. The maximum absolute atomic E-state index is 12.6. The largest absolute Gasteiger partial charge is 0.464 e. The van der Waals surface area contributed by atoms with Crippen molar-refractivity contribution in [3.05, 3.63) is 58.9 Å². The second kappa shape index (κ2) is 6.73. The van der Waals surface area contributed by atoms with E-state index >= 15 is 0 Å². The number of nitrogens with zero attached hydrogens (tertiary/aromatic N) is 1. The molecule has 0 radical (unpaired) electrons. The van der Waals surface area contributed by atoms with Gasteiger partial charge in [-0.25, -0.2) is 9.78 Å². The van der Waals surface area contributed by atoms with Crippen LogP contribution in [-0.4, -0.2) is 29.0 Å². The van der Waals surface area contributed by atoms with Gasteiger partial charge in [0.1, 0.15) is 11.3 Å². The number of methoxy groups -OCH3 is 1. The first-order chi connectivity index (χ1) is 13.1. The number of rotatable bonds is 4. The van der Waals surface area contributed by atoms with Gasteiger partial charge in [-0.3, -0.25) is 10.1 Å². The summed E-state index contributed by atoms with van der Waals surface area (Å²) in [4.78, 5) is 31.4. The number of aromatic amines is 1. The quantitative estimate of drug-likeness (QED) is 0.516. The van der Waals surface area contributed by atoms with Gasteiger partial charge in [-0.15, -0.1) is 11.3 Å². The van der Waals surface area contributed by atoms with E-state index in [1.165, 1.54) is 18.4 Å². The summed E-state index contributed by atoms with van der Waals surface area (Å²) < 4.78 is 10.3. The maximum Gasteiger partial charge on any atom is 0.354 e. The van der Waals surface area contributed by atoms with Gasteiger partial charge in [0.2, 0.25) is 0 Å². The van der Waals surface area contributed by atoms with Crippen molar-refractivity contribution in [1.29, 1.82) is 0 Å². The highest BCUT2D eigenvalue weighted by Gasteiger charge is 2.19. The molecule has 27 heavy (non-hydrogen) atoms. The predicted molar refractivity (Wildman–Crippen MR) is 102 cm³/mol. The average Bonchev–Trinajstić information content (AvgIpc) is 3.40. The summed E-state index contributed by atoms with van der Waals surface area (Å²) in [5, 5.41) is 5.91. The molecule has 0 saturated heterocycles. The highest BCUT2D eigenvalue weighted by atomic mass is 32.1. The van der Waals surface area contributed by atoms with E-state index < -0.39 is 5.97 Å². The standard InChI is InChI=1S/C19H15N3O4S/c1-10-12-5-3-4-6-15(12)26-16(10)17(23)22-19-21-14(9-27-19)11-7-13(20-8-11)18(24)25-2/h3-9,20H,1-2H3,(H,21,22,23). The van der Waals surface area contributed by atoms with Gasteiger partial charge in [0, 0.05) is 28.1 Å². The number of aryl methyl sites for hydroxylation is 1. The molecule has 0 unspecified atom stereocenters. The Labute approximate surface area is 158 Å². The van der Waals surface area contributed by atoms with Gasteiger partial charge in [0.05, 0.1) is 12.8 Å². The lowest BCUT2D eigenvalue weighted by Crippen LogP contribution is -2.11. The van der Waals surface area contributed by atoms with Gasteiger partial charge >= 0.3 is 5.97 Å². The number of furan rings is 1. The molecule has 2 N–H and O–H groups in total. The molecule has 4 rings (SSSR count). The summed E-state index contributed by atoms with van der Waals surface area (Å²) in [5.41, 5.74) is 3.16. The molecule has 136 valence electrons. The van der Waals surface area contributed by atoms with Crippen molar-refractivity contribution < 1.29 is 18.7 Å². The number of hydrogen-bond donors (Lipinski definition) is 2. The number of H-pyrrole nitrogens is 1. The maximum atomic E-state index is 12.6.